The van der Waals surface area contributed by atoms with Crippen LogP contribution in [0, 0.1) is 17.8 Å². The molecule has 0 aromatic heterocycles. The van der Waals surface area contributed by atoms with Crippen molar-refractivity contribution < 1.29 is 19.2 Å². The number of carbonyl (C=O) groups excluding carboxylic acids is 4. The molecule has 2 atom stereocenters. The highest BCUT2D eigenvalue weighted by atomic mass is 16.2. The number of nitrogens with two attached hydrogens (primary N) is 1. The number of hydrogen-bond acceptors (Lipinski definition) is 7. The Morgan fingerprint density at radius 1 is 1.10 bits per heavy atom. The predicted octanol–water partition coefficient (Wildman–Crippen LogP) is 3.75. The first-order chi connectivity index (χ1) is 20.3. The number of imide groups is 1. The topological polar surface area (TPSA) is 116 Å². The number of amides is 3. The molecule has 1 aliphatic carbocycles. The standard InChI is InChI=1S/C33H47N5O4/c1-24(6-11-32(41)35-23-40)36(2)33(42)31-10-9-30(20-28(31)22-39)38-18-12-25(13-19-38)21-37-16-14-27(15-17-37)26-4-3-5-29(34)8-7-26/h5,7-10,20,22-27H,3-4,6,11-19,21,34H2,1-2H3,(H,35,40,41). The molecule has 0 bridgehead atoms. The maximum Gasteiger partial charge on any atom is 0.254 e. The summed E-state index contributed by atoms with van der Waals surface area (Å²) in [4.78, 5) is 53.7. The fraction of sp³-hybridized carbons (Fsp3) is 0.576. The van der Waals surface area contributed by atoms with Gasteiger partial charge in [-0.1, -0.05) is 12.2 Å². The van der Waals surface area contributed by atoms with Crippen LogP contribution in [0.4, 0.5) is 5.69 Å². The number of piperidine rings is 2. The van der Waals surface area contributed by atoms with Crippen LogP contribution in [0.3, 0.4) is 0 Å². The number of anilines is 1. The van der Waals surface area contributed by atoms with Crippen molar-refractivity contribution >= 4 is 30.2 Å². The van der Waals surface area contributed by atoms with Gasteiger partial charge in [0.05, 0.1) is 5.56 Å². The van der Waals surface area contributed by atoms with Gasteiger partial charge in [-0.15, -0.1) is 0 Å². The van der Waals surface area contributed by atoms with Crippen LogP contribution >= 0.6 is 0 Å². The number of hydrogen-bond donors (Lipinski definition) is 2. The number of aldehydes is 1. The number of nitrogens with zero attached hydrogens (tertiary/aromatic N) is 3. The molecule has 4 rings (SSSR count). The lowest BCUT2D eigenvalue weighted by atomic mass is 9.81. The maximum absolute atomic E-state index is 13.2. The fourth-order valence-electron chi connectivity index (χ4n) is 6.64. The number of rotatable bonds is 11. The summed E-state index contributed by atoms with van der Waals surface area (Å²) >= 11 is 0. The Kier molecular flexibility index (Phi) is 11.3. The quantitative estimate of drug-likeness (QED) is 0.385. The molecular formula is C33H47N5O4. The summed E-state index contributed by atoms with van der Waals surface area (Å²) in [5, 5.41) is 2.11. The normalized spacial score (nSPS) is 21.2. The van der Waals surface area contributed by atoms with Crippen LogP contribution in [0.5, 0.6) is 0 Å². The van der Waals surface area contributed by atoms with E-state index in [0.29, 0.717) is 35.8 Å². The van der Waals surface area contributed by atoms with E-state index >= 15 is 0 Å². The van der Waals surface area contributed by atoms with E-state index in [1.807, 2.05) is 19.1 Å². The summed E-state index contributed by atoms with van der Waals surface area (Å²) in [7, 11) is 1.67. The molecule has 42 heavy (non-hydrogen) atoms. The van der Waals surface area contributed by atoms with Gasteiger partial charge in [0.2, 0.25) is 12.3 Å². The predicted molar refractivity (Wildman–Crippen MR) is 165 cm³/mol. The van der Waals surface area contributed by atoms with E-state index in [2.05, 4.69) is 33.3 Å². The molecule has 1 aromatic carbocycles. The van der Waals surface area contributed by atoms with Crippen LogP contribution in [0.15, 0.2) is 42.1 Å². The molecular weight excluding hydrogens is 530 g/mol. The highest BCUT2D eigenvalue weighted by Crippen LogP contribution is 2.32. The summed E-state index contributed by atoms with van der Waals surface area (Å²) in [6.07, 6.45) is 15.3. The average Bonchev–Trinajstić information content (AvgIpc) is 3.24. The van der Waals surface area contributed by atoms with Crippen molar-refractivity contribution in [3.63, 3.8) is 0 Å². The number of nitrogens with one attached hydrogen (secondary N) is 1. The SMILES string of the molecule is CC(CCC(=O)NC=O)N(C)C(=O)c1ccc(N2CCC(CN3CCC(C4C=CC(N)=CCC4)CC3)CC2)cc1C=O. The molecule has 9 nitrogen and oxygen atoms in total. The zero-order valence-electron chi connectivity index (χ0n) is 25.2. The van der Waals surface area contributed by atoms with E-state index in [0.717, 1.165) is 62.5 Å². The Hall–Kier alpha value is -3.46. The minimum atomic E-state index is -0.379. The second kappa shape index (κ2) is 15.1. The molecule has 3 amide bonds. The Bertz CT molecular complexity index is 1160. The van der Waals surface area contributed by atoms with Crippen LogP contribution in [0.1, 0.15) is 79.0 Å². The van der Waals surface area contributed by atoms with Gasteiger partial charge in [-0.3, -0.25) is 24.5 Å². The minimum absolute atomic E-state index is 0.136. The molecule has 0 radical (unpaired) electrons. The summed E-state index contributed by atoms with van der Waals surface area (Å²) in [6.45, 7) is 7.23. The van der Waals surface area contributed by atoms with Gasteiger partial charge in [-0.05, 0) is 107 Å². The highest BCUT2D eigenvalue weighted by molar-refractivity contribution is 6.02. The van der Waals surface area contributed by atoms with Gasteiger partial charge >= 0.3 is 0 Å². The Balaban J connectivity index is 1.24. The van der Waals surface area contributed by atoms with Crippen molar-refractivity contribution in [3.05, 3.63) is 53.3 Å². The first kappa shape index (κ1) is 31.5. The van der Waals surface area contributed by atoms with Crippen molar-refractivity contribution in [1.82, 2.24) is 15.1 Å². The van der Waals surface area contributed by atoms with Crippen LogP contribution < -0.4 is 16.0 Å². The third-order valence-corrected chi connectivity index (χ3v) is 9.53. The lowest BCUT2D eigenvalue weighted by Crippen LogP contribution is -2.42. The van der Waals surface area contributed by atoms with E-state index in [-0.39, 0.29) is 24.3 Å². The van der Waals surface area contributed by atoms with Crippen LogP contribution in [-0.4, -0.2) is 80.1 Å². The van der Waals surface area contributed by atoms with Gasteiger partial charge < -0.3 is 20.4 Å². The van der Waals surface area contributed by atoms with E-state index in [9.17, 15) is 19.2 Å². The van der Waals surface area contributed by atoms with Gasteiger partial charge in [-0.2, -0.15) is 0 Å². The van der Waals surface area contributed by atoms with E-state index in [4.69, 9.17) is 5.73 Å². The number of benzene rings is 1. The van der Waals surface area contributed by atoms with Gasteiger partial charge in [0.1, 0.15) is 0 Å². The molecule has 2 heterocycles. The molecule has 9 heteroatoms. The third-order valence-electron chi connectivity index (χ3n) is 9.53. The maximum atomic E-state index is 13.2. The Morgan fingerprint density at radius 2 is 1.83 bits per heavy atom. The van der Waals surface area contributed by atoms with Crippen molar-refractivity contribution in [3.8, 4) is 0 Å². The summed E-state index contributed by atoms with van der Waals surface area (Å²) < 4.78 is 0. The molecule has 2 fully saturated rings. The van der Waals surface area contributed by atoms with Crippen LogP contribution in [0.25, 0.3) is 0 Å². The third kappa shape index (κ3) is 8.31. The Morgan fingerprint density at radius 3 is 2.52 bits per heavy atom. The second-order valence-electron chi connectivity index (χ2n) is 12.3. The second-order valence-corrected chi connectivity index (χ2v) is 12.3. The lowest BCUT2D eigenvalue weighted by molar-refractivity contribution is -0.125. The van der Waals surface area contributed by atoms with Gasteiger partial charge in [-0.25, -0.2) is 0 Å². The van der Waals surface area contributed by atoms with Gasteiger partial charge in [0, 0.05) is 56.1 Å². The van der Waals surface area contributed by atoms with Crippen molar-refractivity contribution in [1.29, 1.82) is 0 Å². The first-order valence-corrected chi connectivity index (χ1v) is 15.5. The minimum Gasteiger partial charge on any atom is -0.399 e. The molecule has 0 spiro atoms. The molecule has 228 valence electrons. The number of allylic oxidation sites excluding steroid dienone is 3. The van der Waals surface area contributed by atoms with Crippen molar-refractivity contribution in [2.45, 2.75) is 64.3 Å². The molecule has 3 aliphatic rings. The van der Waals surface area contributed by atoms with Gasteiger partial charge in [0.25, 0.3) is 5.91 Å². The molecule has 2 unspecified atom stereocenters. The number of carbonyl (C=O) groups is 4. The summed E-state index contributed by atoms with van der Waals surface area (Å²) in [5.74, 6) is 1.45. The largest absolute Gasteiger partial charge is 0.399 e. The van der Waals surface area contributed by atoms with E-state index < -0.39 is 0 Å². The summed E-state index contributed by atoms with van der Waals surface area (Å²) in [6, 6.07) is 5.27. The number of likely N-dealkylation sites (tertiary alicyclic amines) is 1. The van der Waals surface area contributed by atoms with Crippen LogP contribution in [-0.2, 0) is 9.59 Å². The van der Waals surface area contributed by atoms with Crippen LogP contribution in [0.2, 0.25) is 0 Å². The molecule has 3 N–H and O–H groups in total. The summed E-state index contributed by atoms with van der Waals surface area (Å²) in [5.41, 5.74) is 8.61. The zero-order chi connectivity index (χ0) is 30.1. The van der Waals surface area contributed by atoms with Crippen molar-refractivity contribution in [2.24, 2.45) is 23.5 Å². The monoisotopic (exact) mass is 577 g/mol. The van der Waals surface area contributed by atoms with E-state index in [1.165, 1.54) is 32.4 Å². The van der Waals surface area contributed by atoms with Gasteiger partial charge in [0.15, 0.2) is 6.29 Å². The fourth-order valence-corrected chi connectivity index (χ4v) is 6.64. The molecule has 2 aliphatic heterocycles. The highest BCUT2D eigenvalue weighted by Gasteiger charge is 2.28. The molecule has 2 saturated heterocycles. The lowest BCUT2D eigenvalue weighted by Gasteiger charge is -2.39. The molecule has 1 aromatic rings. The van der Waals surface area contributed by atoms with Crippen molar-refractivity contribution in [2.75, 3.05) is 44.7 Å². The van der Waals surface area contributed by atoms with E-state index in [1.54, 1.807) is 18.0 Å². The zero-order valence-corrected chi connectivity index (χ0v) is 25.2. The first-order valence-electron chi connectivity index (χ1n) is 15.5. The average molecular weight is 578 g/mol. The Labute approximate surface area is 250 Å². The smallest absolute Gasteiger partial charge is 0.254 e. The molecule has 0 saturated carbocycles.